The molecule has 2 rings (SSSR count). The standard InChI is InChI=1S/C11H21N3O3/c1-16-11(15)14-6-7-17-10(9-14)8-13-4-2-12-3-5-13/h10,12H,2-9H2,1H3. The van der Waals surface area contributed by atoms with Gasteiger partial charge in [-0.1, -0.05) is 0 Å². The van der Waals surface area contributed by atoms with Crippen molar-refractivity contribution in [1.29, 1.82) is 0 Å². The molecule has 6 nitrogen and oxygen atoms in total. The zero-order valence-corrected chi connectivity index (χ0v) is 10.4. The SMILES string of the molecule is COC(=O)N1CCOC(CN2CCNCC2)C1. The van der Waals surface area contributed by atoms with Gasteiger partial charge in [-0.2, -0.15) is 0 Å². The fourth-order valence-electron chi connectivity index (χ4n) is 2.31. The summed E-state index contributed by atoms with van der Waals surface area (Å²) in [7, 11) is 1.42. The van der Waals surface area contributed by atoms with Crippen molar-refractivity contribution < 1.29 is 14.3 Å². The van der Waals surface area contributed by atoms with Crippen molar-refractivity contribution in [2.45, 2.75) is 6.10 Å². The van der Waals surface area contributed by atoms with Gasteiger partial charge in [-0.15, -0.1) is 0 Å². The Bertz CT molecular complexity index is 256. The quantitative estimate of drug-likeness (QED) is 0.699. The average Bonchev–Trinajstić information content (AvgIpc) is 2.39. The fraction of sp³-hybridized carbons (Fsp3) is 0.909. The summed E-state index contributed by atoms with van der Waals surface area (Å²) in [5.41, 5.74) is 0. The van der Waals surface area contributed by atoms with Crippen LogP contribution in [0.5, 0.6) is 0 Å². The summed E-state index contributed by atoms with van der Waals surface area (Å²) in [4.78, 5) is 15.5. The molecule has 2 aliphatic heterocycles. The number of hydrogen-bond acceptors (Lipinski definition) is 5. The van der Waals surface area contributed by atoms with Crippen LogP contribution in [-0.2, 0) is 9.47 Å². The monoisotopic (exact) mass is 243 g/mol. The minimum absolute atomic E-state index is 0.112. The number of morpholine rings is 1. The average molecular weight is 243 g/mol. The zero-order chi connectivity index (χ0) is 12.1. The lowest BCUT2D eigenvalue weighted by Crippen LogP contribution is -2.52. The van der Waals surface area contributed by atoms with Gasteiger partial charge in [-0.25, -0.2) is 4.79 Å². The Hall–Kier alpha value is -0.850. The highest BCUT2D eigenvalue weighted by Crippen LogP contribution is 2.08. The minimum atomic E-state index is -0.251. The molecule has 1 amide bonds. The smallest absolute Gasteiger partial charge is 0.409 e. The molecule has 1 N–H and O–H groups in total. The highest BCUT2D eigenvalue weighted by atomic mass is 16.5. The molecule has 0 aromatic rings. The largest absolute Gasteiger partial charge is 0.453 e. The van der Waals surface area contributed by atoms with Crippen LogP contribution in [0.4, 0.5) is 4.79 Å². The fourth-order valence-corrected chi connectivity index (χ4v) is 2.31. The highest BCUT2D eigenvalue weighted by molar-refractivity contribution is 5.67. The number of nitrogens with one attached hydrogen (secondary N) is 1. The summed E-state index contributed by atoms with van der Waals surface area (Å²) >= 11 is 0. The number of amides is 1. The Labute approximate surface area is 102 Å². The number of ether oxygens (including phenoxy) is 2. The van der Waals surface area contributed by atoms with E-state index in [0.717, 1.165) is 32.7 Å². The maximum atomic E-state index is 11.4. The summed E-state index contributed by atoms with van der Waals surface area (Å²) in [6.45, 7) is 6.94. The molecule has 6 heteroatoms. The molecule has 0 aliphatic carbocycles. The van der Waals surface area contributed by atoms with Crippen LogP contribution in [0.1, 0.15) is 0 Å². The molecule has 0 aromatic heterocycles. The molecule has 2 heterocycles. The Morgan fingerprint density at radius 1 is 1.41 bits per heavy atom. The van der Waals surface area contributed by atoms with E-state index in [2.05, 4.69) is 10.2 Å². The molecule has 1 atom stereocenters. The van der Waals surface area contributed by atoms with Crippen LogP contribution in [0.25, 0.3) is 0 Å². The van der Waals surface area contributed by atoms with Crippen molar-refractivity contribution in [2.24, 2.45) is 0 Å². The van der Waals surface area contributed by atoms with Gasteiger partial charge in [0.15, 0.2) is 0 Å². The molecular weight excluding hydrogens is 222 g/mol. The van der Waals surface area contributed by atoms with E-state index < -0.39 is 0 Å². The number of hydrogen-bond donors (Lipinski definition) is 1. The second-order valence-electron chi connectivity index (χ2n) is 4.46. The molecule has 2 aliphatic rings. The molecule has 2 fully saturated rings. The van der Waals surface area contributed by atoms with Crippen LogP contribution >= 0.6 is 0 Å². The first-order valence-electron chi connectivity index (χ1n) is 6.17. The van der Waals surface area contributed by atoms with Gasteiger partial charge in [0.2, 0.25) is 0 Å². The van der Waals surface area contributed by atoms with Gasteiger partial charge >= 0.3 is 6.09 Å². The number of nitrogens with zero attached hydrogens (tertiary/aromatic N) is 2. The second-order valence-corrected chi connectivity index (χ2v) is 4.46. The van der Waals surface area contributed by atoms with E-state index in [4.69, 9.17) is 9.47 Å². The summed E-state index contributed by atoms with van der Waals surface area (Å²) < 4.78 is 10.4. The van der Waals surface area contributed by atoms with Gasteiger partial charge in [-0.3, -0.25) is 4.90 Å². The topological polar surface area (TPSA) is 54.0 Å². The third-order valence-electron chi connectivity index (χ3n) is 3.24. The maximum absolute atomic E-state index is 11.4. The first kappa shape index (κ1) is 12.6. The lowest BCUT2D eigenvalue weighted by molar-refractivity contribution is -0.0399. The van der Waals surface area contributed by atoms with Crippen molar-refractivity contribution in [3.63, 3.8) is 0 Å². The third kappa shape index (κ3) is 3.55. The van der Waals surface area contributed by atoms with Crippen molar-refractivity contribution in [3.8, 4) is 0 Å². The zero-order valence-electron chi connectivity index (χ0n) is 10.4. The lowest BCUT2D eigenvalue weighted by Gasteiger charge is -2.36. The third-order valence-corrected chi connectivity index (χ3v) is 3.24. The second kappa shape index (κ2) is 6.18. The van der Waals surface area contributed by atoms with Crippen LogP contribution < -0.4 is 5.32 Å². The Morgan fingerprint density at radius 3 is 2.88 bits per heavy atom. The number of piperazine rings is 1. The van der Waals surface area contributed by atoms with Gasteiger partial charge in [0.05, 0.1) is 26.4 Å². The van der Waals surface area contributed by atoms with Gasteiger partial charge in [0.25, 0.3) is 0 Å². The molecule has 0 spiro atoms. The molecule has 0 aromatic carbocycles. The van der Waals surface area contributed by atoms with Crippen LogP contribution in [0.3, 0.4) is 0 Å². The van der Waals surface area contributed by atoms with Gasteiger partial charge < -0.3 is 19.7 Å². The number of carbonyl (C=O) groups is 1. The predicted molar refractivity (Wildman–Crippen MR) is 63.0 cm³/mol. The summed E-state index contributed by atoms with van der Waals surface area (Å²) in [6, 6.07) is 0. The van der Waals surface area contributed by atoms with Gasteiger partial charge in [-0.05, 0) is 0 Å². The number of methoxy groups -OCH3 is 1. The molecular formula is C11H21N3O3. The van der Waals surface area contributed by atoms with Crippen molar-refractivity contribution in [2.75, 3.05) is 59.5 Å². The van der Waals surface area contributed by atoms with Crippen LogP contribution in [-0.4, -0.2) is 81.5 Å². The molecule has 1 unspecified atom stereocenters. The highest BCUT2D eigenvalue weighted by Gasteiger charge is 2.26. The maximum Gasteiger partial charge on any atom is 0.409 e. The lowest BCUT2D eigenvalue weighted by atomic mass is 10.2. The Kier molecular flexibility index (Phi) is 4.58. The Morgan fingerprint density at radius 2 is 2.18 bits per heavy atom. The van der Waals surface area contributed by atoms with E-state index in [-0.39, 0.29) is 12.2 Å². The molecule has 17 heavy (non-hydrogen) atoms. The minimum Gasteiger partial charge on any atom is -0.453 e. The first-order chi connectivity index (χ1) is 8.29. The van der Waals surface area contributed by atoms with E-state index >= 15 is 0 Å². The van der Waals surface area contributed by atoms with E-state index in [1.807, 2.05) is 0 Å². The first-order valence-corrected chi connectivity index (χ1v) is 6.17. The van der Waals surface area contributed by atoms with Gasteiger partial charge in [0, 0.05) is 39.3 Å². The summed E-state index contributed by atoms with van der Waals surface area (Å²) in [6.07, 6.45) is -0.139. The Balaban J connectivity index is 1.78. The van der Waals surface area contributed by atoms with Gasteiger partial charge in [0.1, 0.15) is 0 Å². The van der Waals surface area contributed by atoms with Crippen molar-refractivity contribution in [3.05, 3.63) is 0 Å². The van der Waals surface area contributed by atoms with Crippen molar-refractivity contribution >= 4 is 6.09 Å². The van der Waals surface area contributed by atoms with Crippen LogP contribution in [0.2, 0.25) is 0 Å². The molecule has 0 saturated carbocycles. The van der Waals surface area contributed by atoms with Crippen LogP contribution in [0, 0.1) is 0 Å². The normalized spacial score (nSPS) is 26.9. The summed E-state index contributed by atoms with van der Waals surface area (Å²) in [5.74, 6) is 0. The number of carbonyl (C=O) groups excluding carboxylic acids is 1. The van der Waals surface area contributed by atoms with E-state index in [1.165, 1.54) is 7.11 Å². The molecule has 0 bridgehead atoms. The summed E-state index contributed by atoms with van der Waals surface area (Å²) in [5, 5.41) is 3.32. The van der Waals surface area contributed by atoms with Crippen molar-refractivity contribution in [1.82, 2.24) is 15.1 Å². The predicted octanol–water partition coefficient (Wildman–Crippen LogP) is -0.641. The van der Waals surface area contributed by atoms with E-state index in [1.54, 1.807) is 4.90 Å². The van der Waals surface area contributed by atoms with E-state index in [0.29, 0.717) is 19.7 Å². The molecule has 98 valence electrons. The molecule has 0 radical (unpaired) electrons. The number of rotatable bonds is 2. The van der Waals surface area contributed by atoms with E-state index in [9.17, 15) is 4.79 Å². The molecule has 2 saturated heterocycles. The van der Waals surface area contributed by atoms with Crippen LogP contribution in [0.15, 0.2) is 0 Å².